The van der Waals surface area contributed by atoms with Crippen molar-refractivity contribution < 1.29 is 37.3 Å². The molecule has 1 aromatic carbocycles. The molecule has 0 atom stereocenters. The minimum atomic E-state index is -4.61. The highest BCUT2D eigenvalue weighted by Crippen LogP contribution is 2.34. The van der Waals surface area contributed by atoms with Crippen molar-refractivity contribution >= 4 is 21.7 Å². The van der Waals surface area contributed by atoms with E-state index in [1.165, 1.54) is 42.6 Å². The van der Waals surface area contributed by atoms with Crippen molar-refractivity contribution in [1.29, 1.82) is 0 Å². The Morgan fingerprint density at radius 3 is 2.37 bits per heavy atom. The number of nitrogens with two attached hydrogens (primary N) is 1. The van der Waals surface area contributed by atoms with Crippen LogP contribution in [0.25, 0.3) is 11.3 Å². The second kappa shape index (κ2) is 11.4. The van der Waals surface area contributed by atoms with Gasteiger partial charge < -0.3 is 15.2 Å². The Kier molecular flexibility index (Phi) is 8.14. The number of ether oxygens (including phenoxy) is 2. The van der Waals surface area contributed by atoms with Crippen LogP contribution in [0.5, 0.6) is 17.5 Å². The molecule has 0 bridgehead atoms. The fourth-order valence-corrected chi connectivity index (χ4v) is 4.87. The van der Waals surface area contributed by atoms with Gasteiger partial charge in [0.15, 0.2) is 11.6 Å². The number of aromatic nitrogens is 3. The summed E-state index contributed by atoms with van der Waals surface area (Å²) in [6.45, 7) is 3.86. The summed E-state index contributed by atoms with van der Waals surface area (Å²) in [5.41, 5.74) is 7.81. The van der Waals surface area contributed by atoms with Crippen LogP contribution in [0, 0.1) is 20.8 Å². The van der Waals surface area contributed by atoms with Crippen LogP contribution in [0.1, 0.15) is 28.5 Å². The molecule has 0 fully saturated rings. The van der Waals surface area contributed by atoms with Crippen molar-refractivity contribution in [2.24, 2.45) is 0 Å². The first kappa shape index (κ1) is 29.3. The molecule has 0 saturated carbocycles. The van der Waals surface area contributed by atoms with E-state index in [2.05, 4.69) is 15.0 Å². The number of alkyl halides is 3. The number of benzene rings is 1. The molecule has 4 aromatic rings. The van der Waals surface area contributed by atoms with Gasteiger partial charge >= 0.3 is 6.18 Å². The van der Waals surface area contributed by atoms with Crippen LogP contribution in [0.3, 0.4) is 0 Å². The van der Waals surface area contributed by atoms with Gasteiger partial charge in [0.2, 0.25) is 11.8 Å². The lowest BCUT2D eigenvalue weighted by atomic mass is 10.1. The number of anilines is 1. The standard InChI is InChI=1S/C27H24F3N5O5S.H2/c1-15-12-16(2)23(17(3)13-15)40-26-19(24(36)35-41(37,38)22-8-4-7-21(31)34-22)9-10-20(33-26)18-6-5-11-32-25(18)39-14-27(28,29)30;/h4-13H,14H2,1-3H3,(H2,31,34)(H,35,36);1H. The van der Waals surface area contributed by atoms with Gasteiger partial charge in [0.05, 0.1) is 11.3 Å². The third kappa shape index (κ3) is 7.08. The summed E-state index contributed by atoms with van der Waals surface area (Å²) in [4.78, 5) is 25.2. The van der Waals surface area contributed by atoms with E-state index in [0.29, 0.717) is 16.9 Å². The van der Waals surface area contributed by atoms with Crippen molar-refractivity contribution in [3.05, 3.63) is 83.0 Å². The molecular weight excluding hydrogens is 563 g/mol. The predicted molar refractivity (Wildman–Crippen MR) is 145 cm³/mol. The molecule has 3 N–H and O–H groups in total. The zero-order valence-electron chi connectivity index (χ0n) is 22.0. The molecule has 10 nitrogen and oxygen atoms in total. The maximum atomic E-state index is 13.2. The summed E-state index contributed by atoms with van der Waals surface area (Å²) in [5, 5.41) is -0.482. The number of hydrogen-bond acceptors (Lipinski definition) is 9. The van der Waals surface area contributed by atoms with Gasteiger partial charge in [-0.3, -0.25) is 4.79 Å². The van der Waals surface area contributed by atoms with E-state index in [-0.39, 0.29) is 35.8 Å². The zero-order chi connectivity index (χ0) is 29.9. The van der Waals surface area contributed by atoms with Gasteiger partial charge in [0.1, 0.15) is 17.1 Å². The molecule has 14 heteroatoms. The highest BCUT2D eigenvalue weighted by atomic mass is 32.2. The third-order valence-corrected chi connectivity index (χ3v) is 6.81. The van der Waals surface area contributed by atoms with Gasteiger partial charge in [0.25, 0.3) is 15.9 Å². The van der Waals surface area contributed by atoms with Crippen LogP contribution in [0.4, 0.5) is 19.0 Å². The fourth-order valence-electron chi connectivity index (χ4n) is 3.93. The molecule has 1 amide bonds. The maximum absolute atomic E-state index is 13.2. The van der Waals surface area contributed by atoms with E-state index in [4.69, 9.17) is 15.2 Å². The third-order valence-electron chi connectivity index (χ3n) is 5.58. The Morgan fingerprint density at radius 2 is 1.71 bits per heavy atom. The van der Waals surface area contributed by atoms with Crippen LogP contribution < -0.4 is 19.9 Å². The number of hydrogen-bond donors (Lipinski definition) is 2. The Hall–Kier alpha value is -4.72. The zero-order valence-corrected chi connectivity index (χ0v) is 22.8. The number of aryl methyl sites for hydroxylation is 3. The topological polar surface area (TPSA) is 146 Å². The molecule has 0 aliphatic carbocycles. The van der Waals surface area contributed by atoms with Crippen LogP contribution in [0.2, 0.25) is 0 Å². The molecule has 0 radical (unpaired) electrons. The highest BCUT2D eigenvalue weighted by molar-refractivity contribution is 7.90. The van der Waals surface area contributed by atoms with E-state index in [9.17, 15) is 26.4 Å². The Morgan fingerprint density at radius 1 is 1.00 bits per heavy atom. The van der Waals surface area contributed by atoms with Crippen molar-refractivity contribution in [3.63, 3.8) is 0 Å². The van der Waals surface area contributed by atoms with Gasteiger partial charge in [-0.15, -0.1) is 0 Å². The largest absolute Gasteiger partial charge is 0.468 e. The number of carbonyl (C=O) groups is 1. The van der Waals surface area contributed by atoms with Crippen molar-refractivity contribution in [1.82, 2.24) is 19.7 Å². The van der Waals surface area contributed by atoms with E-state index < -0.39 is 33.7 Å². The van der Waals surface area contributed by atoms with Gasteiger partial charge in [-0.1, -0.05) is 23.8 Å². The summed E-state index contributed by atoms with van der Waals surface area (Å²) in [6, 6.07) is 13.0. The van der Waals surface area contributed by atoms with Gasteiger partial charge in [0, 0.05) is 7.62 Å². The molecule has 4 rings (SSSR count). The summed E-state index contributed by atoms with van der Waals surface area (Å²) < 4.78 is 77.0. The van der Waals surface area contributed by atoms with E-state index >= 15 is 0 Å². The van der Waals surface area contributed by atoms with Crippen molar-refractivity contribution in [2.45, 2.75) is 32.0 Å². The SMILES string of the molecule is Cc1cc(C)c(Oc2nc(-c3cccnc3OCC(F)(F)F)ccc2C(=O)NS(=O)(=O)c2cccc(N)n2)c(C)c1.[HH]. The number of halogens is 3. The van der Waals surface area contributed by atoms with Gasteiger partial charge in [-0.2, -0.15) is 21.6 Å². The number of nitrogens with zero attached hydrogens (tertiary/aromatic N) is 3. The van der Waals surface area contributed by atoms with Crippen molar-refractivity contribution in [2.75, 3.05) is 12.3 Å². The molecule has 3 aromatic heterocycles. The number of amides is 1. The fraction of sp³-hybridized carbons (Fsp3) is 0.185. The molecule has 3 heterocycles. The van der Waals surface area contributed by atoms with Crippen LogP contribution in [0.15, 0.2) is 65.8 Å². The molecule has 0 saturated heterocycles. The van der Waals surface area contributed by atoms with Crippen molar-refractivity contribution in [3.8, 4) is 28.8 Å². The lowest BCUT2D eigenvalue weighted by Gasteiger charge is -2.17. The summed E-state index contributed by atoms with van der Waals surface area (Å²) >= 11 is 0. The first-order valence-corrected chi connectivity index (χ1v) is 13.4. The number of sulfonamides is 1. The lowest BCUT2D eigenvalue weighted by molar-refractivity contribution is -0.154. The molecular formula is C27H26F3N5O5S. The highest BCUT2D eigenvalue weighted by Gasteiger charge is 2.30. The average molecular weight is 590 g/mol. The molecule has 0 unspecified atom stereocenters. The summed E-state index contributed by atoms with van der Waals surface area (Å²) in [7, 11) is -4.44. The normalized spacial score (nSPS) is 11.7. The molecule has 0 spiro atoms. The van der Waals surface area contributed by atoms with Gasteiger partial charge in [-0.25, -0.2) is 19.7 Å². The second-order valence-corrected chi connectivity index (χ2v) is 10.6. The van der Waals surface area contributed by atoms with Crippen LogP contribution >= 0.6 is 0 Å². The van der Waals surface area contributed by atoms with E-state index in [1.54, 1.807) is 13.8 Å². The predicted octanol–water partition coefficient (Wildman–Crippen LogP) is 5.14. The number of pyridine rings is 3. The smallest absolute Gasteiger partial charge is 0.422 e. The Labute approximate surface area is 234 Å². The minimum absolute atomic E-state index is 0. The number of carbonyl (C=O) groups excluding carboxylic acids is 1. The molecule has 0 aliphatic rings. The minimum Gasteiger partial charge on any atom is -0.468 e. The van der Waals surface area contributed by atoms with Gasteiger partial charge in [-0.05, 0) is 68.3 Å². The first-order chi connectivity index (χ1) is 19.2. The van der Waals surface area contributed by atoms with E-state index in [1.807, 2.05) is 23.8 Å². The van der Waals surface area contributed by atoms with E-state index in [0.717, 1.165) is 11.6 Å². The summed E-state index contributed by atoms with van der Waals surface area (Å²) in [6.07, 6.45) is -3.36. The first-order valence-electron chi connectivity index (χ1n) is 11.9. The molecule has 41 heavy (non-hydrogen) atoms. The number of nitrogens with one attached hydrogen (secondary N) is 1. The Bertz CT molecular complexity index is 1710. The quantitative estimate of drug-likeness (QED) is 0.285. The lowest BCUT2D eigenvalue weighted by Crippen LogP contribution is -2.31. The average Bonchev–Trinajstić information content (AvgIpc) is 2.89. The Balaban J connectivity index is 0.00000484. The summed E-state index contributed by atoms with van der Waals surface area (Å²) in [5.74, 6) is -1.46. The van der Waals surface area contributed by atoms with Crippen LogP contribution in [-0.4, -0.2) is 42.1 Å². The second-order valence-electron chi connectivity index (χ2n) is 8.97. The number of rotatable bonds is 8. The van der Waals surface area contributed by atoms with Crippen LogP contribution in [-0.2, 0) is 10.0 Å². The molecule has 0 aliphatic heterocycles. The monoisotopic (exact) mass is 589 g/mol. The molecule has 216 valence electrons. The maximum Gasteiger partial charge on any atom is 0.422 e. The number of nitrogen functional groups attached to an aromatic ring is 1.